The largest absolute Gasteiger partial charge is 0.497 e. The van der Waals surface area contributed by atoms with E-state index in [1.165, 1.54) is 5.56 Å². The third kappa shape index (κ3) is 5.07. The lowest BCUT2D eigenvalue weighted by molar-refractivity contribution is 0.0746. The van der Waals surface area contributed by atoms with Crippen LogP contribution in [0.15, 0.2) is 48.8 Å². The Bertz CT molecular complexity index is 1410. The van der Waals surface area contributed by atoms with E-state index in [1.807, 2.05) is 17.0 Å². The van der Waals surface area contributed by atoms with Gasteiger partial charge in [0.1, 0.15) is 11.3 Å². The lowest BCUT2D eigenvalue weighted by Gasteiger charge is -2.35. The van der Waals surface area contributed by atoms with Crippen molar-refractivity contribution >= 4 is 34.5 Å². The normalized spacial score (nSPS) is 14.2. The van der Waals surface area contributed by atoms with Gasteiger partial charge in [0, 0.05) is 37.4 Å². The molecule has 1 amide bonds. The second-order valence-corrected chi connectivity index (χ2v) is 10.4. The molecule has 1 saturated heterocycles. The maximum absolute atomic E-state index is 13.0. The molecule has 2 aromatic heterocycles. The van der Waals surface area contributed by atoms with Gasteiger partial charge in [-0.2, -0.15) is 9.97 Å². The fraction of sp³-hybridized carbons (Fsp3) is 0.357. The van der Waals surface area contributed by atoms with Crippen molar-refractivity contribution in [3.63, 3.8) is 0 Å². The fourth-order valence-corrected chi connectivity index (χ4v) is 4.43. The number of fused-ring (bicyclic) bond motifs is 1. The van der Waals surface area contributed by atoms with Gasteiger partial charge in [-0.25, -0.2) is 4.98 Å². The number of piperazine rings is 1. The molecule has 9 heteroatoms. The van der Waals surface area contributed by atoms with Crippen LogP contribution in [0, 0.1) is 6.92 Å². The minimum absolute atomic E-state index is 0.0162. The van der Waals surface area contributed by atoms with E-state index in [4.69, 9.17) is 14.7 Å². The van der Waals surface area contributed by atoms with Crippen molar-refractivity contribution in [1.29, 1.82) is 0 Å². The summed E-state index contributed by atoms with van der Waals surface area (Å²) in [6.07, 6.45) is 1.64. The molecule has 5 rings (SSSR count). The highest BCUT2D eigenvalue weighted by Crippen LogP contribution is 2.31. The number of ether oxygens (including phenoxy) is 1. The number of aryl methyl sites for hydroxylation is 1. The molecule has 9 nitrogen and oxygen atoms in total. The summed E-state index contributed by atoms with van der Waals surface area (Å²) in [4.78, 5) is 34.1. The minimum Gasteiger partial charge on any atom is -0.497 e. The van der Waals surface area contributed by atoms with Crippen molar-refractivity contribution in [2.24, 2.45) is 0 Å². The Morgan fingerprint density at radius 1 is 1.03 bits per heavy atom. The number of imidazole rings is 1. The average molecular weight is 500 g/mol. The predicted octanol–water partition coefficient (Wildman–Crippen LogP) is 4.67. The summed E-state index contributed by atoms with van der Waals surface area (Å²) in [5.74, 6) is 2.03. The van der Waals surface area contributed by atoms with Gasteiger partial charge in [-0.05, 0) is 53.8 Å². The number of anilines is 3. The molecule has 0 radical (unpaired) electrons. The molecule has 1 aliphatic rings. The second-order valence-electron chi connectivity index (χ2n) is 10.4. The third-order valence-corrected chi connectivity index (χ3v) is 6.82. The van der Waals surface area contributed by atoms with E-state index in [1.54, 1.807) is 25.6 Å². The number of nitrogens with one attached hydrogen (secondary N) is 2. The van der Waals surface area contributed by atoms with E-state index in [0.29, 0.717) is 49.2 Å². The Hall–Kier alpha value is -4.14. The Morgan fingerprint density at radius 3 is 2.43 bits per heavy atom. The first-order valence-electron chi connectivity index (χ1n) is 12.5. The molecule has 0 saturated carbocycles. The number of H-pyrrole nitrogens is 1. The first-order chi connectivity index (χ1) is 17.7. The van der Waals surface area contributed by atoms with Crippen LogP contribution in [-0.2, 0) is 5.41 Å². The van der Waals surface area contributed by atoms with Gasteiger partial charge in [-0.15, -0.1) is 0 Å². The average Bonchev–Trinajstić information content (AvgIpc) is 3.38. The monoisotopic (exact) mass is 499 g/mol. The lowest BCUT2D eigenvalue weighted by Crippen LogP contribution is -2.49. The summed E-state index contributed by atoms with van der Waals surface area (Å²) in [6, 6.07) is 13.7. The van der Waals surface area contributed by atoms with Gasteiger partial charge in [0.05, 0.1) is 13.4 Å². The molecule has 3 heterocycles. The highest BCUT2D eigenvalue weighted by molar-refractivity contribution is 5.94. The van der Waals surface area contributed by atoms with Crippen molar-refractivity contribution in [2.75, 3.05) is 43.5 Å². The van der Waals surface area contributed by atoms with Crippen molar-refractivity contribution < 1.29 is 9.53 Å². The van der Waals surface area contributed by atoms with Gasteiger partial charge in [-0.3, -0.25) is 4.79 Å². The molecule has 4 aromatic rings. The van der Waals surface area contributed by atoms with Gasteiger partial charge in [0.25, 0.3) is 5.91 Å². The highest BCUT2D eigenvalue weighted by Gasteiger charge is 2.25. The Morgan fingerprint density at radius 2 is 1.76 bits per heavy atom. The first kappa shape index (κ1) is 24.5. The van der Waals surface area contributed by atoms with Gasteiger partial charge in [-0.1, -0.05) is 32.9 Å². The summed E-state index contributed by atoms with van der Waals surface area (Å²) in [6.45, 7) is 11.1. The van der Waals surface area contributed by atoms with Crippen LogP contribution in [-0.4, -0.2) is 64.0 Å². The number of hydrogen-bond acceptors (Lipinski definition) is 7. The number of amides is 1. The van der Waals surface area contributed by atoms with Crippen molar-refractivity contribution in [3.8, 4) is 5.75 Å². The zero-order valence-corrected chi connectivity index (χ0v) is 22.0. The van der Waals surface area contributed by atoms with E-state index in [-0.39, 0.29) is 11.3 Å². The van der Waals surface area contributed by atoms with Gasteiger partial charge in [0.15, 0.2) is 11.5 Å². The molecule has 0 atom stereocenters. The quantitative estimate of drug-likeness (QED) is 0.412. The van der Waals surface area contributed by atoms with Gasteiger partial charge < -0.3 is 24.8 Å². The predicted molar refractivity (Wildman–Crippen MR) is 146 cm³/mol. The first-order valence-corrected chi connectivity index (χ1v) is 12.5. The van der Waals surface area contributed by atoms with Crippen LogP contribution in [0.5, 0.6) is 5.75 Å². The number of carbonyl (C=O) groups excluding carboxylic acids is 1. The summed E-state index contributed by atoms with van der Waals surface area (Å²) in [7, 11) is 1.61. The topological polar surface area (TPSA) is 99.3 Å². The highest BCUT2D eigenvalue weighted by atomic mass is 16.5. The number of benzene rings is 2. The number of hydrogen-bond donors (Lipinski definition) is 2. The maximum atomic E-state index is 13.0. The SMILES string of the molecule is COc1ccc(C(=O)N2CCN(c3nc(Nc4cc(C(C)(C)C)ccc4C)c4[nH]cnc4n3)CC2)cc1. The smallest absolute Gasteiger partial charge is 0.253 e. The molecule has 1 fully saturated rings. The molecule has 192 valence electrons. The van der Waals surface area contributed by atoms with Crippen LogP contribution in [0.1, 0.15) is 42.3 Å². The minimum atomic E-state index is 0.0162. The molecule has 0 unspecified atom stereocenters. The molecule has 37 heavy (non-hydrogen) atoms. The summed E-state index contributed by atoms with van der Waals surface area (Å²) in [5, 5.41) is 3.53. The van der Waals surface area contributed by atoms with Crippen LogP contribution in [0.25, 0.3) is 11.2 Å². The number of carbonyl (C=O) groups is 1. The molecule has 2 aromatic carbocycles. The van der Waals surface area contributed by atoms with Crippen molar-refractivity contribution in [1.82, 2.24) is 24.8 Å². The van der Waals surface area contributed by atoms with Crippen LogP contribution in [0.3, 0.4) is 0 Å². The summed E-state index contributed by atoms with van der Waals surface area (Å²) >= 11 is 0. The Labute approximate surface area is 216 Å². The molecular formula is C28H33N7O2. The van der Waals surface area contributed by atoms with Gasteiger partial charge >= 0.3 is 0 Å². The summed E-state index contributed by atoms with van der Waals surface area (Å²) < 4.78 is 5.20. The zero-order valence-electron chi connectivity index (χ0n) is 22.0. The standard InChI is InChI=1S/C28H33N7O2/c1-18-6-9-20(28(2,3)4)16-22(18)31-25-23-24(30-17-29-23)32-27(33-25)35-14-12-34(13-15-35)26(36)19-7-10-21(37-5)11-8-19/h6-11,16-17H,12-15H2,1-5H3,(H2,29,30,31,32,33). The Kier molecular flexibility index (Phi) is 6.45. The molecule has 0 aliphatic carbocycles. The molecular weight excluding hydrogens is 466 g/mol. The number of aromatic nitrogens is 4. The molecule has 0 spiro atoms. The number of methoxy groups -OCH3 is 1. The molecule has 0 bridgehead atoms. The number of rotatable bonds is 5. The van der Waals surface area contributed by atoms with Gasteiger partial charge in [0.2, 0.25) is 5.95 Å². The van der Waals surface area contributed by atoms with Crippen LogP contribution in [0.4, 0.5) is 17.5 Å². The molecule has 1 aliphatic heterocycles. The zero-order chi connectivity index (χ0) is 26.2. The van der Waals surface area contributed by atoms with Crippen LogP contribution < -0.4 is 15.0 Å². The van der Waals surface area contributed by atoms with E-state index in [0.717, 1.165) is 22.5 Å². The van der Waals surface area contributed by atoms with E-state index >= 15 is 0 Å². The fourth-order valence-electron chi connectivity index (χ4n) is 4.43. The van der Waals surface area contributed by atoms with Crippen LogP contribution in [0.2, 0.25) is 0 Å². The Balaban J connectivity index is 1.35. The third-order valence-electron chi connectivity index (χ3n) is 6.82. The summed E-state index contributed by atoms with van der Waals surface area (Å²) in [5.41, 5.74) is 5.43. The van der Waals surface area contributed by atoms with Crippen molar-refractivity contribution in [3.05, 3.63) is 65.5 Å². The van der Waals surface area contributed by atoms with E-state index in [2.05, 4.69) is 66.1 Å². The lowest BCUT2D eigenvalue weighted by atomic mass is 9.86. The number of nitrogens with zero attached hydrogens (tertiary/aromatic N) is 5. The van der Waals surface area contributed by atoms with Crippen LogP contribution >= 0.6 is 0 Å². The molecule has 2 N–H and O–H groups in total. The van der Waals surface area contributed by atoms with E-state index < -0.39 is 0 Å². The second kappa shape index (κ2) is 9.72. The van der Waals surface area contributed by atoms with Crippen molar-refractivity contribution in [2.45, 2.75) is 33.1 Å². The maximum Gasteiger partial charge on any atom is 0.253 e. The van der Waals surface area contributed by atoms with E-state index in [9.17, 15) is 4.79 Å². The number of aromatic amines is 1.